The highest BCUT2D eigenvalue weighted by atomic mass is 79.9. The van der Waals surface area contributed by atoms with E-state index >= 15 is 0 Å². The average molecular weight is 447 g/mol. The van der Waals surface area contributed by atoms with Crippen LogP contribution in [0.4, 0.5) is 0 Å². The van der Waals surface area contributed by atoms with Crippen LogP contribution in [0.1, 0.15) is 22.2 Å². The van der Waals surface area contributed by atoms with Crippen molar-refractivity contribution >= 4 is 49.1 Å². The SMILES string of the molecule is CCN(Cc1ccc2c(c1)OCO2)C(=O)c1cc(Br)c(Br)s1. The van der Waals surface area contributed by atoms with Crippen molar-refractivity contribution in [1.29, 1.82) is 0 Å². The first-order chi connectivity index (χ1) is 10.6. The van der Waals surface area contributed by atoms with Gasteiger partial charge in [0, 0.05) is 17.6 Å². The summed E-state index contributed by atoms with van der Waals surface area (Å²) in [5.74, 6) is 1.52. The number of benzene rings is 1. The molecule has 0 saturated carbocycles. The van der Waals surface area contributed by atoms with Crippen molar-refractivity contribution < 1.29 is 14.3 Å². The predicted molar refractivity (Wildman–Crippen MR) is 92.7 cm³/mol. The lowest BCUT2D eigenvalue weighted by Gasteiger charge is -2.20. The number of hydrogen-bond donors (Lipinski definition) is 0. The minimum Gasteiger partial charge on any atom is -0.454 e. The van der Waals surface area contributed by atoms with Gasteiger partial charge in [-0.25, -0.2) is 0 Å². The van der Waals surface area contributed by atoms with Crippen LogP contribution in [-0.2, 0) is 6.54 Å². The molecule has 7 heteroatoms. The molecule has 0 spiro atoms. The highest BCUT2D eigenvalue weighted by Gasteiger charge is 2.20. The van der Waals surface area contributed by atoms with Crippen LogP contribution in [0.15, 0.2) is 32.5 Å². The molecule has 1 aromatic carbocycles. The van der Waals surface area contributed by atoms with E-state index in [0.29, 0.717) is 18.0 Å². The van der Waals surface area contributed by atoms with Gasteiger partial charge in [-0.2, -0.15) is 0 Å². The van der Waals surface area contributed by atoms with Gasteiger partial charge in [-0.1, -0.05) is 6.07 Å². The molecule has 116 valence electrons. The van der Waals surface area contributed by atoms with Crippen LogP contribution in [0.25, 0.3) is 0 Å². The summed E-state index contributed by atoms with van der Waals surface area (Å²) >= 11 is 8.28. The van der Waals surface area contributed by atoms with Crippen molar-refractivity contribution in [2.75, 3.05) is 13.3 Å². The Hall–Kier alpha value is -1.05. The molecule has 4 nitrogen and oxygen atoms in total. The lowest BCUT2D eigenvalue weighted by atomic mass is 10.2. The number of thiophene rings is 1. The number of carbonyl (C=O) groups excluding carboxylic acids is 1. The van der Waals surface area contributed by atoms with Gasteiger partial charge >= 0.3 is 0 Å². The van der Waals surface area contributed by atoms with Crippen molar-refractivity contribution in [3.8, 4) is 11.5 Å². The number of ether oxygens (including phenoxy) is 2. The Morgan fingerprint density at radius 2 is 2.05 bits per heavy atom. The number of hydrogen-bond acceptors (Lipinski definition) is 4. The first kappa shape index (κ1) is 15.8. The standard InChI is InChI=1S/C15H13Br2NO3S/c1-2-18(15(19)13-6-10(16)14(17)22-13)7-9-3-4-11-12(5-9)21-8-20-11/h3-6H,2,7-8H2,1H3. The molecular formula is C15H13Br2NO3S. The Morgan fingerprint density at radius 1 is 1.27 bits per heavy atom. The molecule has 3 rings (SSSR count). The largest absolute Gasteiger partial charge is 0.454 e. The summed E-state index contributed by atoms with van der Waals surface area (Å²) < 4.78 is 12.5. The van der Waals surface area contributed by atoms with Crippen molar-refractivity contribution in [3.63, 3.8) is 0 Å². The van der Waals surface area contributed by atoms with Gasteiger partial charge in [0.1, 0.15) is 0 Å². The highest BCUT2D eigenvalue weighted by Crippen LogP contribution is 2.34. The summed E-state index contributed by atoms with van der Waals surface area (Å²) in [5.41, 5.74) is 1.02. The van der Waals surface area contributed by atoms with Crippen LogP contribution >= 0.6 is 43.2 Å². The Labute approximate surface area is 149 Å². The minimum atomic E-state index is 0.0246. The van der Waals surface area contributed by atoms with Gasteiger partial charge in [-0.3, -0.25) is 4.79 Å². The van der Waals surface area contributed by atoms with Crippen LogP contribution < -0.4 is 9.47 Å². The molecule has 0 aliphatic carbocycles. The number of halogens is 2. The fourth-order valence-electron chi connectivity index (χ4n) is 2.19. The van der Waals surface area contributed by atoms with Gasteiger partial charge in [-0.05, 0) is 62.5 Å². The van der Waals surface area contributed by atoms with Gasteiger partial charge in [0.25, 0.3) is 5.91 Å². The van der Waals surface area contributed by atoms with Gasteiger partial charge in [0.2, 0.25) is 6.79 Å². The maximum atomic E-state index is 12.6. The second-order valence-electron chi connectivity index (χ2n) is 4.74. The Bertz CT molecular complexity index is 697. The average Bonchev–Trinajstić information content (AvgIpc) is 3.10. The van der Waals surface area contributed by atoms with E-state index in [1.807, 2.05) is 36.1 Å². The molecule has 0 atom stereocenters. The molecule has 0 N–H and O–H groups in total. The third-order valence-electron chi connectivity index (χ3n) is 3.34. The van der Waals surface area contributed by atoms with E-state index in [2.05, 4.69) is 31.9 Å². The van der Waals surface area contributed by atoms with E-state index < -0.39 is 0 Å². The molecule has 1 aliphatic rings. The van der Waals surface area contributed by atoms with Crippen molar-refractivity contribution in [2.24, 2.45) is 0 Å². The number of fused-ring (bicyclic) bond motifs is 1. The summed E-state index contributed by atoms with van der Waals surface area (Å²) in [5, 5.41) is 0. The van der Waals surface area contributed by atoms with Crippen LogP contribution in [0, 0.1) is 0 Å². The number of nitrogens with zero attached hydrogens (tertiary/aromatic N) is 1. The van der Waals surface area contributed by atoms with Crippen LogP contribution in [-0.4, -0.2) is 24.1 Å². The topological polar surface area (TPSA) is 38.8 Å². The maximum Gasteiger partial charge on any atom is 0.264 e. The lowest BCUT2D eigenvalue weighted by Crippen LogP contribution is -2.29. The van der Waals surface area contributed by atoms with Gasteiger partial charge in [0.05, 0.1) is 8.66 Å². The molecule has 0 fully saturated rings. The fraction of sp³-hybridized carbons (Fsp3) is 0.267. The van der Waals surface area contributed by atoms with E-state index in [1.165, 1.54) is 11.3 Å². The van der Waals surface area contributed by atoms with Crippen molar-refractivity contribution in [3.05, 3.63) is 43.0 Å². The molecule has 22 heavy (non-hydrogen) atoms. The molecule has 2 aromatic rings. The molecule has 1 aromatic heterocycles. The fourth-order valence-corrected chi connectivity index (χ4v) is 4.20. The lowest BCUT2D eigenvalue weighted by molar-refractivity contribution is 0.0757. The zero-order valence-electron chi connectivity index (χ0n) is 11.8. The molecular weight excluding hydrogens is 434 g/mol. The van der Waals surface area contributed by atoms with Gasteiger partial charge < -0.3 is 14.4 Å². The zero-order chi connectivity index (χ0) is 15.7. The second-order valence-corrected chi connectivity index (χ2v) is 7.96. The van der Waals surface area contributed by atoms with Gasteiger partial charge in [0.15, 0.2) is 11.5 Å². The Morgan fingerprint density at radius 3 is 2.73 bits per heavy atom. The number of amides is 1. The highest BCUT2D eigenvalue weighted by molar-refractivity contribution is 9.13. The van der Waals surface area contributed by atoms with Crippen LogP contribution in [0.5, 0.6) is 11.5 Å². The normalized spacial score (nSPS) is 12.5. The third kappa shape index (κ3) is 3.16. The van der Waals surface area contributed by atoms with Crippen molar-refractivity contribution in [1.82, 2.24) is 4.90 Å². The van der Waals surface area contributed by atoms with E-state index in [-0.39, 0.29) is 12.7 Å². The van der Waals surface area contributed by atoms with Gasteiger partial charge in [-0.15, -0.1) is 11.3 Å². The monoisotopic (exact) mass is 445 g/mol. The summed E-state index contributed by atoms with van der Waals surface area (Å²) in [6, 6.07) is 7.62. The second kappa shape index (κ2) is 6.60. The molecule has 1 amide bonds. The Kier molecular flexibility index (Phi) is 4.75. The minimum absolute atomic E-state index is 0.0246. The quantitative estimate of drug-likeness (QED) is 0.685. The first-order valence-corrected chi connectivity index (χ1v) is 9.11. The summed E-state index contributed by atoms with van der Waals surface area (Å²) in [6.45, 7) is 3.41. The van der Waals surface area contributed by atoms with E-state index in [9.17, 15) is 4.79 Å². The summed E-state index contributed by atoms with van der Waals surface area (Å²) in [6.07, 6.45) is 0. The number of carbonyl (C=O) groups is 1. The van der Waals surface area contributed by atoms with E-state index in [4.69, 9.17) is 9.47 Å². The number of rotatable bonds is 4. The predicted octanol–water partition coefficient (Wildman–Crippen LogP) is 4.66. The van der Waals surface area contributed by atoms with Crippen LogP contribution in [0.2, 0.25) is 0 Å². The third-order valence-corrected chi connectivity index (χ3v) is 6.58. The molecule has 2 heterocycles. The molecule has 0 unspecified atom stereocenters. The summed E-state index contributed by atoms with van der Waals surface area (Å²) in [4.78, 5) is 15.1. The first-order valence-electron chi connectivity index (χ1n) is 6.71. The zero-order valence-corrected chi connectivity index (χ0v) is 15.8. The van der Waals surface area contributed by atoms with E-state index in [0.717, 1.165) is 25.3 Å². The smallest absolute Gasteiger partial charge is 0.264 e. The maximum absolute atomic E-state index is 12.6. The van der Waals surface area contributed by atoms with Crippen molar-refractivity contribution in [2.45, 2.75) is 13.5 Å². The molecule has 0 bridgehead atoms. The molecule has 1 aliphatic heterocycles. The Balaban J connectivity index is 1.78. The molecule has 0 radical (unpaired) electrons. The summed E-state index contributed by atoms with van der Waals surface area (Å²) in [7, 11) is 0. The van der Waals surface area contributed by atoms with E-state index in [1.54, 1.807) is 0 Å². The molecule has 0 saturated heterocycles. The van der Waals surface area contributed by atoms with Crippen LogP contribution in [0.3, 0.4) is 0 Å².